The van der Waals surface area contributed by atoms with Gasteiger partial charge in [0.15, 0.2) is 0 Å². The molecule has 0 fully saturated rings. The zero-order chi connectivity index (χ0) is 18.8. The van der Waals surface area contributed by atoms with Crippen LogP contribution in [0, 0.1) is 11.3 Å². The summed E-state index contributed by atoms with van der Waals surface area (Å²) >= 11 is 0. The zero-order valence-corrected chi connectivity index (χ0v) is 14.4. The maximum Gasteiger partial charge on any atom is 0.340 e. The molecular formula is C20H19N3O3. The molecule has 0 radical (unpaired) electrons. The third kappa shape index (κ3) is 5.21. The molecule has 1 amide bonds. The van der Waals surface area contributed by atoms with Crippen molar-refractivity contribution in [1.29, 1.82) is 5.26 Å². The topological polar surface area (TPSA) is 91.2 Å². The SMILES string of the molecule is CCOC(=O)c1ccccc1NC=C(C#N)C(=O)NCc1ccccc1. The number of nitrogens with zero attached hydrogens (tertiary/aromatic N) is 1. The van der Waals surface area contributed by atoms with E-state index in [0.29, 0.717) is 17.8 Å². The van der Waals surface area contributed by atoms with Crippen molar-refractivity contribution in [2.75, 3.05) is 11.9 Å². The number of para-hydroxylation sites is 1. The molecule has 0 saturated heterocycles. The van der Waals surface area contributed by atoms with Crippen LogP contribution in [0.1, 0.15) is 22.8 Å². The maximum absolute atomic E-state index is 12.2. The van der Waals surface area contributed by atoms with E-state index >= 15 is 0 Å². The van der Waals surface area contributed by atoms with Crippen LogP contribution in [0.5, 0.6) is 0 Å². The Hall–Kier alpha value is -3.59. The zero-order valence-electron chi connectivity index (χ0n) is 14.4. The molecule has 132 valence electrons. The van der Waals surface area contributed by atoms with E-state index in [1.165, 1.54) is 6.20 Å². The molecule has 0 aliphatic heterocycles. The fraction of sp³-hybridized carbons (Fsp3) is 0.150. The Morgan fingerprint density at radius 3 is 2.50 bits per heavy atom. The number of carbonyl (C=O) groups is 2. The highest BCUT2D eigenvalue weighted by molar-refractivity contribution is 5.98. The minimum absolute atomic E-state index is 0.0976. The molecule has 2 aromatic rings. The van der Waals surface area contributed by atoms with Crippen LogP contribution in [-0.2, 0) is 16.1 Å². The predicted octanol–water partition coefficient (Wildman–Crippen LogP) is 3.00. The third-order valence-electron chi connectivity index (χ3n) is 3.46. The van der Waals surface area contributed by atoms with Gasteiger partial charge in [0.2, 0.25) is 0 Å². The lowest BCUT2D eigenvalue weighted by Gasteiger charge is -2.09. The number of rotatable bonds is 7. The number of hydrogen-bond acceptors (Lipinski definition) is 5. The van der Waals surface area contributed by atoms with Gasteiger partial charge in [0.25, 0.3) is 5.91 Å². The van der Waals surface area contributed by atoms with Crippen LogP contribution in [0.4, 0.5) is 5.69 Å². The van der Waals surface area contributed by atoms with Crippen LogP contribution in [0.15, 0.2) is 66.4 Å². The minimum atomic E-state index is -0.502. The molecule has 0 spiro atoms. The van der Waals surface area contributed by atoms with Crippen LogP contribution < -0.4 is 10.6 Å². The summed E-state index contributed by atoms with van der Waals surface area (Å²) in [5, 5.41) is 14.7. The number of nitrogens with one attached hydrogen (secondary N) is 2. The molecule has 2 N–H and O–H groups in total. The van der Waals surface area contributed by atoms with Gasteiger partial charge >= 0.3 is 5.97 Å². The fourth-order valence-corrected chi connectivity index (χ4v) is 2.17. The first-order valence-electron chi connectivity index (χ1n) is 8.10. The normalized spacial score (nSPS) is 10.5. The van der Waals surface area contributed by atoms with Gasteiger partial charge in [0.05, 0.1) is 17.9 Å². The molecule has 6 heteroatoms. The predicted molar refractivity (Wildman–Crippen MR) is 98.0 cm³/mol. The largest absolute Gasteiger partial charge is 0.462 e. The number of hydrogen-bond donors (Lipinski definition) is 2. The highest BCUT2D eigenvalue weighted by Crippen LogP contribution is 2.16. The van der Waals surface area contributed by atoms with Gasteiger partial charge in [-0.1, -0.05) is 42.5 Å². The van der Waals surface area contributed by atoms with Crippen LogP contribution in [0.2, 0.25) is 0 Å². The summed E-state index contributed by atoms with van der Waals surface area (Å²) in [4.78, 5) is 24.1. The molecule has 0 bridgehead atoms. The Bertz CT molecular complexity index is 839. The minimum Gasteiger partial charge on any atom is -0.462 e. The van der Waals surface area contributed by atoms with Crippen molar-refractivity contribution in [2.45, 2.75) is 13.5 Å². The summed E-state index contributed by atoms with van der Waals surface area (Å²) in [6, 6.07) is 18.0. The standard InChI is InChI=1S/C20H19N3O3/c1-2-26-20(25)17-10-6-7-11-18(17)22-14-16(12-21)19(24)23-13-15-8-4-3-5-9-15/h3-11,14,22H,2,13H2,1H3,(H,23,24). The van der Waals surface area contributed by atoms with Gasteiger partial charge in [-0.15, -0.1) is 0 Å². The van der Waals surface area contributed by atoms with Crippen LogP contribution in [-0.4, -0.2) is 18.5 Å². The van der Waals surface area contributed by atoms with Crippen molar-refractivity contribution in [2.24, 2.45) is 0 Å². The van der Waals surface area contributed by atoms with Gasteiger partial charge in [-0.3, -0.25) is 4.79 Å². The summed E-state index contributed by atoms with van der Waals surface area (Å²) in [7, 11) is 0. The molecule has 2 rings (SSSR count). The van der Waals surface area contributed by atoms with Crippen LogP contribution >= 0.6 is 0 Å². The molecule has 0 atom stereocenters. The number of ether oxygens (including phenoxy) is 1. The summed E-state index contributed by atoms with van der Waals surface area (Å²) in [5.74, 6) is -0.978. The first kappa shape index (κ1) is 18.7. The average molecular weight is 349 g/mol. The van der Waals surface area contributed by atoms with Crippen LogP contribution in [0.3, 0.4) is 0 Å². The van der Waals surface area contributed by atoms with Crippen LogP contribution in [0.25, 0.3) is 0 Å². The quantitative estimate of drug-likeness (QED) is 0.455. The number of amides is 1. The fourth-order valence-electron chi connectivity index (χ4n) is 2.17. The lowest BCUT2D eigenvalue weighted by Crippen LogP contribution is -2.24. The second kappa shape index (κ2) is 9.64. The van der Waals surface area contributed by atoms with Crippen molar-refractivity contribution in [3.05, 3.63) is 77.5 Å². The van der Waals surface area contributed by atoms with E-state index in [2.05, 4.69) is 10.6 Å². The highest BCUT2D eigenvalue weighted by Gasteiger charge is 2.12. The smallest absolute Gasteiger partial charge is 0.340 e. The molecule has 26 heavy (non-hydrogen) atoms. The monoisotopic (exact) mass is 349 g/mol. The molecule has 0 aliphatic rings. The van der Waals surface area contributed by atoms with Gasteiger partial charge in [0, 0.05) is 12.7 Å². The Labute approximate surface area is 152 Å². The first-order valence-corrected chi connectivity index (χ1v) is 8.10. The molecule has 0 aliphatic carbocycles. The Morgan fingerprint density at radius 1 is 1.12 bits per heavy atom. The molecule has 0 unspecified atom stereocenters. The van der Waals surface area contributed by atoms with Gasteiger partial charge in [-0.2, -0.15) is 5.26 Å². The summed E-state index contributed by atoms with van der Waals surface area (Å²) in [6.45, 7) is 2.30. The number of nitriles is 1. The van der Waals surface area contributed by atoms with Crippen molar-refractivity contribution < 1.29 is 14.3 Å². The van der Waals surface area contributed by atoms with E-state index in [9.17, 15) is 14.9 Å². The average Bonchev–Trinajstić information content (AvgIpc) is 2.68. The van der Waals surface area contributed by atoms with Crippen molar-refractivity contribution in [3.8, 4) is 6.07 Å². The van der Waals surface area contributed by atoms with Crippen molar-refractivity contribution in [1.82, 2.24) is 5.32 Å². The van der Waals surface area contributed by atoms with Gasteiger partial charge < -0.3 is 15.4 Å². The Morgan fingerprint density at radius 2 is 1.81 bits per heavy atom. The maximum atomic E-state index is 12.2. The number of carbonyl (C=O) groups excluding carboxylic acids is 2. The van der Waals surface area contributed by atoms with Crippen molar-refractivity contribution in [3.63, 3.8) is 0 Å². The second-order valence-electron chi connectivity index (χ2n) is 5.25. The molecule has 0 saturated carbocycles. The van der Waals surface area contributed by atoms with E-state index in [1.54, 1.807) is 31.2 Å². The third-order valence-corrected chi connectivity index (χ3v) is 3.46. The lowest BCUT2D eigenvalue weighted by molar-refractivity contribution is -0.117. The van der Waals surface area contributed by atoms with Gasteiger partial charge in [-0.05, 0) is 24.6 Å². The summed E-state index contributed by atoms with van der Waals surface area (Å²) in [5.41, 5.74) is 1.61. The molecule has 2 aromatic carbocycles. The Balaban J connectivity index is 2.06. The molecular weight excluding hydrogens is 330 g/mol. The lowest BCUT2D eigenvalue weighted by atomic mass is 10.1. The first-order chi connectivity index (χ1) is 12.7. The van der Waals surface area contributed by atoms with E-state index in [0.717, 1.165) is 5.56 Å². The molecule has 0 heterocycles. The number of esters is 1. The molecule has 0 aromatic heterocycles. The highest BCUT2D eigenvalue weighted by atomic mass is 16.5. The summed E-state index contributed by atoms with van der Waals surface area (Å²) in [6.07, 6.45) is 1.28. The van der Waals surface area contributed by atoms with E-state index in [4.69, 9.17) is 4.74 Å². The van der Waals surface area contributed by atoms with Gasteiger partial charge in [-0.25, -0.2) is 4.79 Å². The van der Waals surface area contributed by atoms with E-state index in [-0.39, 0.29) is 12.2 Å². The van der Waals surface area contributed by atoms with Crippen molar-refractivity contribution >= 4 is 17.6 Å². The number of anilines is 1. The van der Waals surface area contributed by atoms with Gasteiger partial charge in [0.1, 0.15) is 11.6 Å². The van der Waals surface area contributed by atoms with E-state index < -0.39 is 11.9 Å². The Kier molecular flexibility index (Phi) is 6.95. The summed E-state index contributed by atoms with van der Waals surface area (Å²) < 4.78 is 4.99. The molecule has 6 nitrogen and oxygen atoms in total. The second-order valence-corrected chi connectivity index (χ2v) is 5.25. The van der Waals surface area contributed by atoms with E-state index in [1.807, 2.05) is 36.4 Å². The number of benzene rings is 2.